The molecule has 25 heavy (non-hydrogen) atoms. The third kappa shape index (κ3) is 2.70. The minimum absolute atomic E-state index is 0.250. The molecule has 0 aliphatic rings. The Bertz CT molecular complexity index is 1080. The predicted molar refractivity (Wildman–Crippen MR) is 94.8 cm³/mol. The topological polar surface area (TPSA) is 58.6 Å². The summed E-state index contributed by atoms with van der Waals surface area (Å²) in [7, 11) is 0. The first kappa shape index (κ1) is 15.2. The summed E-state index contributed by atoms with van der Waals surface area (Å²) in [5.74, 6) is -0.250. The number of fused-ring (bicyclic) bond motifs is 1. The molecule has 2 aromatic carbocycles. The maximum absolute atomic E-state index is 13.8. The summed E-state index contributed by atoms with van der Waals surface area (Å²) in [6.07, 6.45) is 0.807. The van der Waals surface area contributed by atoms with Crippen molar-refractivity contribution in [3.63, 3.8) is 0 Å². The molecule has 0 amide bonds. The van der Waals surface area contributed by atoms with Gasteiger partial charge in [0.2, 0.25) is 0 Å². The molecule has 4 aromatic rings. The average Bonchev–Trinajstić information content (AvgIpc) is 3.07. The fraction of sp³-hybridized carbons (Fsp3) is 0.0500. The number of rotatable bonds is 3. The predicted octanol–water partition coefficient (Wildman–Crippen LogP) is 4.55. The van der Waals surface area contributed by atoms with Crippen LogP contribution in [-0.4, -0.2) is 21.5 Å². The second-order valence-corrected chi connectivity index (χ2v) is 5.87. The van der Waals surface area contributed by atoms with Crippen LogP contribution in [0.5, 0.6) is 0 Å². The minimum atomic E-state index is -0.250. The number of carbonyl (C=O) groups is 1. The number of hydrogen-bond donors (Lipinski definition) is 1. The van der Waals surface area contributed by atoms with E-state index in [-0.39, 0.29) is 5.82 Å². The van der Waals surface area contributed by atoms with Gasteiger partial charge in [0.25, 0.3) is 0 Å². The smallest absolute Gasteiger partial charge is 0.182 e. The number of aryl methyl sites for hydroxylation is 1. The Hall–Kier alpha value is -3.34. The van der Waals surface area contributed by atoms with E-state index >= 15 is 0 Å². The van der Waals surface area contributed by atoms with Crippen molar-refractivity contribution in [2.75, 3.05) is 0 Å². The van der Waals surface area contributed by atoms with Gasteiger partial charge in [-0.05, 0) is 30.7 Å². The lowest BCUT2D eigenvalue weighted by atomic mass is 10.1. The molecule has 0 radical (unpaired) electrons. The van der Waals surface area contributed by atoms with Crippen LogP contribution >= 0.6 is 0 Å². The van der Waals surface area contributed by atoms with Crippen molar-refractivity contribution in [2.45, 2.75) is 6.92 Å². The third-order valence-electron chi connectivity index (χ3n) is 4.22. The molecule has 4 rings (SSSR count). The molecule has 2 heterocycles. The van der Waals surface area contributed by atoms with E-state index in [4.69, 9.17) is 0 Å². The average molecular weight is 331 g/mol. The second-order valence-electron chi connectivity index (χ2n) is 5.87. The molecule has 0 atom stereocenters. The van der Waals surface area contributed by atoms with Crippen molar-refractivity contribution in [2.24, 2.45) is 0 Å². The van der Waals surface area contributed by atoms with E-state index in [1.165, 1.54) is 6.07 Å². The number of pyridine rings is 1. The van der Waals surface area contributed by atoms with E-state index in [0.717, 1.165) is 34.2 Å². The van der Waals surface area contributed by atoms with Gasteiger partial charge in [-0.25, -0.2) is 9.37 Å². The number of aromatic amines is 1. The number of halogens is 1. The summed E-state index contributed by atoms with van der Waals surface area (Å²) < 4.78 is 13.8. The van der Waals surface area contributed by atoms with E-state index in [1.807, 2.05) is 30.3 Å². The van der Waals surface area contributed by atoms with Gasteiger partial charge in [-0.3, -0.25) is 9.89 Å². The van der Waals surface area contributed by atoms with Crippen molar-refractivity contribution in [1.29, 1.82) is 0 Å². The van der Waals surface area contributed by atoms with E-state index in [0.29, 0.717) is 16.8 Å². The van der Waals surface area contributed by atoms with Crippen LogP contribution in [0.15, 0.2) is 54.6 Å². The fourth-order valence-corrected chi connectivity index (χ4v) is 2.76. The summed E-state index contributed by atoms with van der Waals surface area (Å²) in [6.45, 7) is 1.73. The molecule has 0 unspecified atom stereocenters. The zero-order valence-corrected chi connectivity index (χ0v) is 13.5. The van der Waals surface area contributed by atoms with Gasteiger partial charge in [0.05, 0.1) is 11.4 Å². The van der Waals surface area contributed by atoms with Crippen LogP contribution in [0.2, 0.25) is 0 Å². The fourth-order valence-electron chi connectivity index (χ4n) is 2.76. The molecule has 0 bridgehead atoms. The van der Waals surface area contributed by atoms with E-state index in [2.05, 4.69) is 15.2 Å². The molecule has 2 aromatic heterocycles. The zero-order valence-electron chi connectivity index (χ0n) is 13.5. The number of aromatic nitrogens is 3. The van der Waals surface area contributed by atoms with Gasteiger partial charge < -0.3 is 0 Å². The van der Waals surface area contributed by atoms with Crippen LogP contribution in [0.3, 0.4) is 0 Å². The summed E-state index contributed by atoms with van der Waals surface area (Å²) in [5, 5.41) is 8.03. The van der Waals surface area contributed by atoms with Crippen molar-refractivity contribution in [1.82, 2.24) is 15.2 Å². The Morgan fingerprint density at radius 2 is 1.76 bits per heavy atom. The lowest BCUT2D eigenvalue weighted by molar-refractivity contribution is 0.112. The first-order valence-electron chi connectivity index (χ1n) is 7.83. The number of nitrogens with one attached hydrogen (secondary N) is 1. The van der Waals surface area contributed by atoms with Crippen molar-refractivity contribution in [3.05, 3.63) is 71.5 Å². The van der Waals surface area contributed by atoms with E-state index in [1.54, 1.807) is 25.1 Å². The van der Waals surface area contributed by atoms with E-state index < -0.39 is 0 Å². The third-order valence-corrected chi connectivity index (χ3v) is 4.22. The maximum atomic E-state index is 13.8. The molecule has 0 aliphatic carbocycles. The van der Waals surface area contributed by atoms with Crippen molar-refractivity contribution >= 4 is 17.3 Å². The molecule has 4 nitrogen and oxygen atoms in total. The molecular formula is C20H14FN3O. The quantitative estimate of drug-likeness (QED) is 0.560. The highest BCUT2D eigenvalue weighted by Gasteiger charge is 2.11. The highest BCUT2D eigenvalue weighted by Crippen LogP contribution is 2.28. The molecule has 0 saturated heterocycles. The Morgan fingerprint density at radius 3 is 2.48 bits per heavy atom. The monoisotopic (exact) mass is 331 g/mol. The lowest BCUT2D eigenvalue weighted by Crippen LogP contribution is -1.87. The van der Waals surface area contributed by atoms with Crippen molar-refractivity contribution in [3.8, 4) is 22.5 Å². The van der Waals surface area contributed by atoms with Crippen LogP contribution < -0.4 is 0 Å². The summed E-state index contributed by atoms with van der Waals surface area (Å²) in [4.78, 5) is 15.3. The number of aldehydes is 1. The van der Waals surface area contributed by atoms with Crippen molar-refractivity contribution < 1.29 is 9.18 Å². The van der Waals surface area contributed by atoms with E-state index in [9.17, 15) is 9.18 Å². The van der Waals surface area contributed by atoms with Crippen LogP contribution in [0.25, 0.3) is 33.5 Å². The number of carbonyl (C=O) groups excluding carboxylic acids is 1. The first-order chi connectivity index (χ1) is 12.2. The Labute approximate surface area is 143 Å². The minimum Gasteiger partial charge on any atom is -0.298 e. The van der Waals surface area contributed by atoms with Gasteiger partial charge in [-0.15, -0.1) is 0 Å². The molecule has 5 heteroatoms. The van der Waals surface area contributed by atoms with Crippen LogP contribution in [-0.2, 0) is 0 Å². The first-order valence-corrected chi connectivity index (χ1v) is 7.83. The van der Waals surface area contributed by atoms with Crippen LogP contribution in [0, 0.1) is 12.7 Å². The van der Waals surface area contributed by atoms with Gasteiger partial charge in [-0.2, -0.15) is 5.10 Å². The summed E-state index contributed by atoms with van der Waals surface area (Å²) >= 11 is 0. The Kier molecular flexibility index (Phi) is 3.61. The molecule has 1 N–H and O–H groups in total. The van der Waals surface area contributed by atoms with Gasteiger partial charge in [0.15, 0.2) is 5.65 Å². The molecular weight excluding hydrogens is 317 g/mol. The molecule has 122 valence electrons. The van der Waals surface area contributed by atoms with Gasteiger partial charge in [-0.1, -0.05) is 36.4 Å². The number of nitrogens with zero attached hydrogens (tertiary/aromatic N) is 2. The molecule has 0 saturated carbocycles. The normalized spacial score (nSPS) is 11.0. The van der Waals surface area contributed by atoms with Gasteiger partial charge in [0, 0.05) is 22.1 Å². The molecule has 0 spiro atoms. The largest absolute Gasteiger partial charge is 0.298 e. The number of benzene rings is 2. The van der Waals surface area contributed by atoms with Gasteiger partial charge in [0.1, 0.15) is 12.1 Å². The highest BCUT2D eigenvalue weighted by atomic mass is 19.1. The number of hydrogen-bond acceptors (Lipinski definition) is 3. The SMILES string of the molecule is Cc1ccc(-c2[nH]nc3nc(-c4ccc(C=O)cc4)ccc23)cc1F. The van der Waals surface area contributed by atoms with Crippen LogP contribution in [0.1, 0.15) is 15.9 Å². The standard InChI is InChI=1S/C20H14FN3O/c1-12-2-5-15(10-17(12)21)19-16-8-9-18(22-20(16)24-23-19)14-6-3-13(11-25)4-7-14/h2-11H,1H3,(H,22,23,24). The van der Waals surface area contributed by atoms with Crippen LogP contribution in [0.4, 0.5) is 4.39 Å². The molecule has 0 fully saturated rings. The Balaban J connectivity index is 1.77. The Morgan fingerprint density at radius 1 is 1.00 bits per heavy atom. The second kappa shape index (κ2) is 5.94. The highest BCUT2D eigenvalue weighted by molar-refractivity contribution is 5.92. The zero-order chi connectivity index (χ0) is 17.4. The summed E-state index contributed by atoms with van der Waals surface area (Å²) in [6, 6.07) is 16.1. The maximum Gasteiger partial charge on any atom is 0.182 e. The molecule has 0 aliphatic heterocycles. The van der Waals surface area contributed by atoms with Gasteiger partial charge >= 0.3 is 0 Å². The lowest BCUT2D eigenvalue weighted by Gasteiger charge is -2.03. The number of H-pyrrole nitrogens is 1. The summed E-state index contributed by atoms with van der Waals surface area (Å²) in [5.41, 5.74) is 4.92.